The van der Waals surface area contributed by atoms with E-state index in [4.69, 9.17) is 4.74 Å². The van der Waals surface area contributed by atoms with Crippen molar-refractivity contribution in [2.45, 2.75) is 32.9 Å². The van der Waals surface area contributed by atoms with Crippen molar-refractivity contribution < 1.29 is 9.53 Å². The number of carbonyl (C=O) groups excluding carboxylic acids is 1. The summed E-state index contributed by atoms with van der Waals surface area (Å²) in [6.45, 7) is 15.1. The Balaban J connectivity index is 1.39. The fourth-order valence-electron chi connectivity index (χ4n) is 4.20. The van der Waals surface area contributed by atoms with Crippen LogP contribution in [0.4, 0.5) is 0 Å². The molecule has 0 bridgehead atoms. The van der Waals surface area contributed by atoms with Crippen LogP contribution in [0.5, 0.6) is 0 Å². The van der Waals surface area contributed by atoms with Gasteiger partial charge in [-0.1, -0.05) is 6.92 Å². The molecule has 2 saturated heterocycles. The zero-order chi connectivity index (χ0) is 19.8. The third-order valence-electron chi connectivity index (χ3n) is 5.96. The van der Waals surface area contributed by atoms with Crippen LogP contribution in [0.1, 0.15) is 25.8 Å². The molecule has 6 nitrogen and oxygen atoms in total. The number of hydrogen-bond acceptors (Lipinski definition) is 6. The fraction of sp³-hybridized carbons (Fsp3) is 0.762. The third-order valence-corrected chi connectivity index (χ3v) is 6.69. The number of nitrogens with zero attached hydrogens (tertiary/aromatic N) is 4. The van der Waals surface area contributed by atoms with E-state index in [-0.39, 0.29) is 0 Å². The molecular formula is C21H36N4O2S. The second kappa shape index (κ2) is 11.3. The van der Waals surface area contributed by atoms with Crippen molar-refractivity contribution in [3.8, 4) is 0 Å². The Morgan fingerprint density at radius 2 is 1.93 bits per heavy atom. The van der Waals surface area contributed by atoms with E-state index in [9.17, 15) is 4.79 Å². The van der Waals surface area contributed by atoms with Crippen LogP contribution in [-0.2, 0) is 16.1 Å². The van der Waals surface area contributed by atoms with E-state index in [2.05, 4.69) is 43.3 Å². The summed E-state index contributed by atoms with van der Waals surface area (Å²) in [5.74, 6) is 0.299. The number of piperazine rings is 2. The average Bonchev–Trinajstić information content (AvgIpc) is 3.22. The summed E-state index contributed by atoms with van der Waals surface area (Å²) < 4.78 is 5.52. The van der Waals surface area contributed by atoms with Gasteiger partial charge in [0.2, 0.25) is 5.91 Å². The van der Waals surface area contributed by atoms with Crippen molar-refractivity contribution in [1.29, 1.82) is 0 Å². The Morgan fingerprint density at radius 3 is 2.61 bits per heavy atom. The first-order valence-electron chi connectivity index (χ1n) is 10.7. The highest BCUT2D eigenvalue weighted by atomic mass is 32.1. The van der Waals surface area contributed by atoms with Gasteiger partial charge in [0.25, 0.3) is 0 Å². The number of carbonyl (C=O) groups is 1. The van der Waals surface area contributed by atoms with Crippen molar-refractivity contribution in [3.63, 3.8) is 0 Å². The van der Waals surface area contributed by atoms with Gasteiger partial charge < -0.3 is 9.64 Å². The second-order valence-electron chi connectivity index (χ2n) is 7.82. The van der Waals surface area contributed by atoms with E-state index in [0.717, 1.165) is 78.5 Å². The van der Waals surface area contributed by atoms with Crippen molar-refractivity contribution in [1.82, 2.24) is 19.6 Å². The number of ether oxygens (including phenoxy) is 1. The monoisotopic (exact) mass is 408 g/mol. The molecular weight excluding hydrogens is 372 g/mol. The van der Waals surface area contributed by atoms with Crippen LogP contribution in [-0.4, -0.2) is 104 Å². The highest BCUT2D eigenvalue weighted by molar-refractivity contribution is 7.07. The summed E-state index contributed by atoms with van der Waals surface area (Å²) in [6.07, 6.45) is 1.12. The van der Waals surface area contributed by atoms with Gasteiger partial charge in [-0.15, -0.1) is 0 Å². The molecule has 0 aliphatic carbocycles. The Morgan fingerprint density at radius 1 is 1.14 bits per heavy atom. The summed E-state index contributed by atoms with van der Waals surface area (Å²) in [5.41, 5.74) is 1.39. The minimum atomic E-state index is 0.299. The molecule has 7 heteroatoms. The minimum absolute atomic E-state index is 0.299. The predicted molar refractivity (Wildman–Crippen MR) is 115 cm³/mol. The molecule has 0 spiro atoms. The van der Waals surface area contributed by atoms with Crippen molar-refractivity contribution >= 4 is 17.2 Å². The van der Waals surface area contributed by atoms with Crippen LogP contribution < -0.4 is 0 Å². The molecule has 0 aromatic carbocycles. The maximum atomic E-state index is 12.8. The van der Waals surface area contributed by atoms with Crippen LogP contribution in [0.25, 0.3) is 0 Å². The molecule has 1 amide bonds. The molecule has 0 saturated carbocycles. The highest BCUT2D eigenvalue weighted by Gasteiger charge is 2.28. The molecule has 0 N–H and O–H groups in total. The first kappa shape index (κ1) is 21.7. The van der Waals surface area contributed by atoms with Gasteiger partial charge in [0.1, 0.15) is 0 Å². The summed E-state index contributed by atoms with van der Waals surface area (Å²) in [5, 5.41) is 4.35. The average molecular weight is 409 g/mol. The van der Waals surface area contributed by atoms with E-state index < -0.39 is 0 Å². The largest absolute Gasteiger partial charge is 0.380 e. The zero-order valence-corrected chi connectivity index (χ0v) is 18.3. The maximum absolute atomic E-state index is 12.8. The fourth-order valence-corrected chi connectivity index (χ4v) is 4.86. The van der Waals surface area contributed by atoms with E-state index in [1.54, 1.807) is 11.3 Å². The van der Waals surface area contributed by atoms with E-state index in [0.29, 0.717) is 18.5 Å². The topological polar surface area (TPSA) is 39.3 Å². The number of amides is 1. The lowest BCUT2D eigenvalue weighted by atomic mass is 10.1. The Labute approximate surface area is 174 Å². The second-order valence-corrected chi connectivity index (χ2v) is 8.60. The number of hydrogen-bond donors (Lipinski definition) is 0. The van der Waals surface area contributed by atoms with Gasteiger partial charge in [0, 0.05) is 71.6 Å². The molecule has 3 rings (SSSR count). The lowest BCUT2D eigenvalue weighted by molar-refractivity contribution is -0.135. The third kappa shape index (κ3) is 6.26. The SMILES string of the molecule is CCOCCN1CCN(CC(=O)N2CCN(Cc3ccsc3)CC2)CC1CC. The molecule has 1 aromatic heterocycles. The van der Waals surface area contributed by atoms with Crippen molar-refractivity contribution in [3.05, 3.63) is 22.4 Å². The summed E-state index contributed by atoms with van der Waals surface area (Å²) in [7, 11) is 0. The normalized spacial score (nSPS) is 22.6. The Hall–Kier alpha value is -0.990. The molecule has 3 heterocycles. The van der Waals surface area contributed by atoms with Gasteiger partial charge >= 0.3 is 0 Å². The van der Waals surface area contributed by atoms with Crippen LogP contribution in [0.15, 0.2) is 16.8 Å². The van der Waals surface area contributed by atoms with Gasteiger partial charge in [-0.3, -0.25) is 19.5 Å². The van der Waals surface area contributed by atoms with E-state index in [1.807, 2.05) is 6.92 Å². The van der Waals surface area contributed by atoms with Crippen LogP contribution in [0.3, 0.4) is 0 Å². The molecule has 2 fully saturated rings. The van der Waals surface area contributed by atoms with Gasteiger partial charge in [-0.2, -0.15) is 11.3 Å². The molecule has 1 unspecified atom stereocenters. The molecule has 2 aliphatic heterocycles. The summed E-state index contributed by atoms with van der Waals surface area (Å²) in [6, 6.07) is 2.73. The van der Waals surface area contributed by atoms with Gasteiger partial charge in [0.15, 0.2) is 0 Å². The van der Waals surface area contributed by atoms with Crippen molar-refractivity contribution in [2.75, 3.05) is 72.1 Å². The zero-order valence-electron chi connectivity index (χ0n) is 17.5. The van der Waals surface area contributed by atoms with Crippen LogP contribution >= 0.6 is 11.3 Å². The molecule has 1 atom stereocenters. The van der Waals surface area contributed by atoms with Gasteiger partial charge in [0.05, 0.1) is 13.2 Å². The minimum Gasteiger partial charge on any atom is -0.380 e. The van der Waals surface area contributed by atoms with E-state index >= 15 is 0 Å². The van der Waals surface area contributed by atoms with Gasteiger partial charge in [-0.05, 0) is 35.7 Å². The molecule has 158 valence electrons. The summed E-state index contributed by atoms with van der Waals surface area (Å²) >= 11 is 1.75. The molecule has 1 aromatic rings. The Bertz CT molecular complexity index is 575. The molecule has 28 heavy (non-hydrogen) atoms. The van der Waals surface area contributed by atoms with Gasteiger partial charge in [-0.25, -0.2) is 0 Å². The first-order chi connectivity index (χ1) is 13.7. The Kier molecular flexibility index (Phi) is 8.73. The maximum Gasteiger partial charge on any atom is 0.236 e. The predicted octanol–water partition coefficient (Wildman–Crippen LogP) is 1.83. The number of thiophene rings is 1. The molecule has 0 radical (unpaired) electrons. The lowest BCUT2D eigenvalue weighted by Gasteiger charge is -2.42. The number of rotatable bonds is 9. The van der Waals surface area contributed by atoms with E-state index in [1.165, 1.54) is 5.56 Å². The molecule has 2 aliphatic rings. The first-order valence-corrected chi connectivity index (χ1v) is 11.7. The smallest absolute Gasteiger partial charge is 0.236 e. The summed E-state index contributed by atoms with van der Waals surface area (Å²) in [4.78, 5) is 22.2. The standard InChI is InChI=1S/C21H36N4O2S/c1-3-20-16-23(8-9-24(20)12-13-27-4-2)17-21(26)25-10-6-22(7-11-25)15-19-5-14-28-18-19/h5,14,18,20H,3-4,6-13,15-17H2,1-2H3. The quantitative estimate of drug-likeness (QED) is 0.583. The lowest BCUT2D eigenvalue weighted by Crippen LogP contribution is -2.57. The highest BCUT2D eigenvalue weighted by Crippen LogP contribution is 2.14. The van der Waals surface area contributed by atoms with Crippen LogP contribution in [0.2, 0.25) is 0 Å². The van der Waals surface area contributed by atoms with Crippen molar-refractivity contribution in [2.24, 2.45) is 0 Å². The van der Waals surface area contributed by atoms with Crippen LogP contribution in [0, 0.1) is 0 Å².